The van der Waals surface area contributed by atoms with Gasteiger partial charge in [0.15, 0.2) is 0 Å². The second-order valence-corrected chi connectivity index (χ2v) is 9.02. The molecule has 2 amide bonds. The normalized spacial score (nSPS) is 12.2. The average Bonchev–Trinajstić information content (AvgIpc) is 2.82. The molecular formula is C28H38N4O2. The molecule has 0 saturated heterocycles. The van der Waals surface area contributed by atoms with E-state index in [1.54, 1.807) is 0 Å². The number of benzene rings is 2. The van der Waals surface area contributed by atoms with Gasteiger partial charge < -0.3 is 0 Å². The monoisotopic (exact) mass is 462 g/mol. The fourth-order valence-electron chi connectivity index (χ4n) is 3.55. The number of hydrogen-bond donors (Lipinski definition) is 2. The highest BCUT2D eigenvalue weighted by molar-refractivity contribution is 6.02. The quantitative estimate of drug-likeness (QED) is 0.228. The standard InChI is InChI=1S/C28H38N4O2/c1-21(2)27(23-15-9-7-10-16-23)31-29-25(33)19-13-5-6-14-20-26(34)30-32-28(22(3)4)24-17-11-8-12-18-24/h7-12,15-18,21-22H,5-6,13-14,19-20H2,1-4H3,(H,29,33)(H,30,34)/b31-27-,32-28-. The van der Waals surface area contributed by atoms with Crippen molar-refractivity contribution in [2.45, 2.75) is 66.2 Å². The number of carbonyl (C=O) groups is 2. The third-order valence-electron chi connectivity index (χ3n) is 5.39. The van der Waals surface area contributed by atoms with Crippen molar-refractivity contribution in [1.82, 2.24) is 10.9 Å². The van der Waals surface area contributed by atoms with Crippen molar-refractivity contribution >= 4 is 23.2 Å². The van der Waals surface area contributed by atoms with Gasteiger partial charge in [-0.2, -0.15) is 10.2 Å². The number of nitrogens with zero attached hydrogens (tertiary/aromatic N) is 2. The Hall–Kier alpha value is -3.28. The van der Waals surface area contributed by atoms with Crippen LogP contribution in [0.25, 0.3) is 0 Å². The summed E-state index contributed by atoms with van der Waals surface area (Å²) in [5.41, 5.74) is 9.16. The van der Waals surface area contributed by atoms with Crippen molar-refractivity contribution in [3.63, 3.8) is 0 Å². The van der Waals surface area contributed by atoms with E-state index in [0.717, 1.165) is 48.2 Å². The molecule has 2 N–H and O–H groups in total. The molecule has 0 fully saturated rings. The van der Waals surface area contributed by atoms with Crippen LogP contribution in [0.3, 0.4) is 0 Å². The molecule has 182 valence electrons. The Bertz CT molecular complexity index is 871. The van der Waals surface area contributed by atoms with E-state index in [2.05, 4.69) is 48.7 Å². The summed E-state index contributed by atoms with van der Waals surface area (Å²) in [6.45, 7) is 8.24. The van der Waals surface area contributed by atoms with Crippen LogP contribution in [0.5, 0.6) is 0 Å². The summed E-state index contributed by atoms with van der Waals surface area (Å²) in [5.74, 6) is 0.261. The van der Waals surface area contributed by atoms with Crippen LogP contribution in [0, 0.1) is 11.8 Å². The Labute approximate surface area is 203 Å². The second-order valence-electron chi connectivity index (χ2n) is 9.02. The number of nitrogens with one attached hydrogen (secondary N) is 2. The third kappa shape index (κ3) is 9.69. The van der Waals surface area contributed by atoms with Gasteiger partial charge in [0.2, 0.25) is 11.8 Å². The Balaban J connectivity index is 1.66. The van der Waals surface area contributed by atoms with Gasteiger partial charge in [0.25, 0.3) is 0 Å². The SMILES string of the molecule is CC(C)/C(=N/NC(=O)CCCCCCC(=O)N/N=C(\c1ccccc1)C(C)C)c1ccccc1. The van der Waals surface area contributed by atoms with Crippen molar-refractivity contribution in [3.8, 4) is 0 Å². The predicted molar refractivity (Wildman–Crippen MR) is 140 cm³/mol. The predicted octanol–water partition coefficient (Wildman–Crippen LogP) is 5.68. The van der Waals surface area contributed by atoms with Gasteiger partial charge in [-0.25, -0.2) is 10.9 Å². The molecule has 0 spiro atoms. The van der Waals surface area contributed by atoms with E-state index < -0.39 is 0 Å². The Morgan fingerprint density at radius 3 is 1.29 bits per heavy atom. The summed E-state index contributed by atoms with van der Waals surface area (Å²) in [4.78, 5) is 24.3. The van der Waals surface area contributed by atoms with Gasteiger partial charge in [-0.1, -0.05) is 101 Å². The second kappa shape index (κ2) is 14.8. The lowest BCUT2D eigenvalue weighted by Gasteiger charge is -2.11. The van der Waals surface area contributed by atoms with Crippen LogP contribution in [-0.4, -0.2) is 23.2 Å². The zero-order chi connectivity index (χ0) is 24.8. The molecule has 0 atom stereocenters. The minimum Gasteiger partial charge on any atom is -0.273 e. The van der Waals surface area contributed by atoms with E-state index in [1.165, 1.54) is 0 Å². The van der Waals surface area contributed by atoms with Gasteiger partial charge in [-0.3, -0.25) is 9.59 Å². The molecule has 0 bridgehead atoms. The van der Waals surface area contributed by atoms with Crippen molar-refractivity contribution in [3.05, 3.63) is 71.8 Å². The Kier molecular flexibility index (Phi) is 11.7. The fourth-order valence-corrected chi connectivity index (χ4v) is 3.55. The van der Waals surface area contributed by atoms with Crippen LogP contribution < -0.4 is 10.9 Å². The van der Waals surface area contributed by atoms with E-state index in [1.807, 2.05) is 60.7 Å². The van der Waals surface area contributed by atoms with Gasteiger partial charge in [-0.05, 0) is 35.8 Å². The molecule has 0 aliphatic carbocycles. The summed E-state index contributed by atoms with van der Waals surface area (Å²) in [7, 11) is 0. The van der Waals surface area contributed by atoms with E-state index in [-0.39, 0.29) is 23.7 Å². The van der Waals surface area contributed by atoms with Crippen LogP contribution in [0.1, 0.15) is 77.3 Å². The van der Waals surface area contributed by atoms with Crippen molar-refractivity contribution in [2.24, 2.45) is 22.0 Å². The minimum atomic E-state index is -0.0803. The van der Waals surface area contributed by atoms with Gasteiger partial charge in [0, 0.05) is 12.8 Å². The third-order valence-corrected chi connectivity index (χ3v) is 5.39. The number of hydrogen-bond acceptors (Lipinski definition) is 4. The van der Waals surface area contributed by atoms with E-state index in [9.17, 15) is 9.59 Å². The fraction of sp³-hybridized carbons (Fsp3) is 0.429. The molecule has 2 rings (SSSR count). The lowest BCUT2D eigenvalue weighted by Crippen LogP contribution is -2.22. The van der Waals surface area contributed by atoms with Crippen LogP contribution in [0.2, 0.25) is 0 Å². The smallest absolute Gasteiger partial charge is 0.240 e. The summed E-state index contributed by atoms with van der Waals surface area (Å²) >= 11 is 0. The molecular weight excluding hydrogens is 424 g/mol. The van der Waals surface area contributed by atoms with Crippen LogP contribution >= 0.6 is 0 Å². The van der Waals surface area contributed by atoms with Crippen LogP contribution in [0.4, 0.5) is 0 Å². The van der Waals surface area contributed by atoms with Crippen LogP contribution in [-0.2, 0) is 9.59 Å². The highest BCUT2D eigenvalue weighted by Gasteiger charge is 2.10. The van der Waals surface area contributed by atoms with Crippen molar-refractivity contribution in [1.29, 1.82) is 0 Å². The summed E-state index contributed by atoms with van der Waals surface area (Å²) in [6, 6.07) is 19.8. The number of rotatable bonds is 13. The summed E-state index contributed by atoms with van der Waals surface area (Å²) in [6.07, 6.45) is 4.18. The van der Waals surface area contributed by atoms with Crippen LogP contribution in [0.15, 0.2) is 70.9 Å². The Morgan fingerprint density at radius 2 is 0.971 bits per heavy atom. The molecule has 0 unspecified atom stereocenters. The van der Waals surface area contributed by atoms with Gasteiger partial charge >= 0.3 is 0 Å². The zero-order valence-corrected chi connectivity index (χ0v) is 20.9. The first-order valence-electron chi connectivity index (χ1n) is 12.2. The zero-order valence-electron chi connectivity index (χ0n) is 20.9. The molecule has 0 aliphatic heterocycles. The van der Waals surface area contributed by atoms with Gasteiger partial charge in [0.1, 0.15) is 0 Å². The molecule has 0 radical (unpaired) electrons. The molecule has 2 aromatic carbocycles. The number of hydrazone groups is 2. The van der Waals surface area contributed by atoms with E-state index >= 15 is 0 Å². The molecule has 0 aliphatic rings. The number of carbonyl (C=O) groups excluding carboxylic acids is 2. The molecule has 34 heavy (non-hydrogen) atoms. The largest absolute Gasteiger partial charge is 0.273 e. The molecule has 0 saturated carbocycles. The first-order chi connectivity index (χ1) is 16.4. The number of amides is 2. The van der Waals surface area contributed by atoms with Gasteiger partial charge in [-0.15, -0.1) is 0 Å². The van der Waals surface area contributed by atoms with Crippen molar-refractivity contribution in [2.75, 3.05) is 0 Å². The molecule has 0 heterocycles. The molecule has 2 aromatic rings. The summed E-state index contributed by atoms with van der Waals surface area (Å²) in [5, 5.41) is 8.70. The maximum Gasteiger partial charge on any atom is 0.240 e. The minimum absolute atomic E-state index is 0.0803. The highest BCUT2D eigenvalue weighted by atomic mass is 16.2. The van der Waals surface area contributed by atoms with E-state index in [4.69, 9.17) is 0 Å². The number of unbranched alkanes of at least 4 members (excludes halogenated alkanes) is 3. The summed E-state index contributed by atoms with van der Waals surface area (Å²) < 4.78 is 0. The first-order valence-corrected chi connectivity index (χ1v) is 12.2. The average molecular weight is 463 g/mol. The van der Waals surface area contributed by atoms with E-state index in [0.29, 0.717) is 12.8 Å². The lowest BCUT2D eigenvalue weighted by molar-refractivity contribution is -0.122. The first kappa shape index (κ1) is 27.0. The topological polar surface area (TPSA) is 82.9 Å². The highest BCUT2D eigenvalue weighted by Crippen LogP contribution is 2.11. The maximum absolute atomic E-state index is 12.2. The molecule has 6 nitrogen and oxygen atoms in total. The molecule has 0 aromatic heterocycles. The van der Waals surface area contributed by atoms with Gasteiger partial charge in [0.05, 0.1) is 11.4 Å². The Morgan fingerprint density at radius 1 is 0.618 bits per heavy atom. The maximum atomic E-state index is 12.2. The lowest BCUT2D eigenvalue weighted by atomic mass is 10.0. The van der Waals surface area contributed by atoms with Crippen molar-refractivity contribution < 1.29 is 9.59 Å². The molecule has 6 heteroatoms.